The molecule has 114 valence electrons. The first kappa shape index (κ1) is 12.6. The Labute approximate surface area is 128 Å². The van der Waals surface area contributed by atoms with Crippen LogP contribution in [-0.4, -0.2) is 41.0 Å². The minimum atomic E-state index is -0.427. The minimum Gasteiger partial charge on any atom is -0.501 e. The van der Waals surface area contributed by atoms with Crippen molar-refractivity contribution in [2.75, 3.05) is 13.6 Å². The number of aliphatic hydroxyl groups is 1. The molecule has 4 aliphatic rings. The molecule has 0 unspecified atom stereocenters. The van der Waals surface area contributed by atoms with Gasteiger partial charge in [-0.05, 0) is 44.1 Å². The van der Waals surface area contributed by atoms with Crippen LogP contribution in [0.3, 0.4) is 0 Å². The molecule has 0 amide bonds. The van der Waals surface area contributed by atoms with Gasteiger partial charge in [0.1, 0.15) is 0 Å². The van der Waals surface area contributed by atoms with Gasteiger partial charge in [0, 0.05) is 17.5 Å². The third-order valence-electron chi connectivity index (χ3n) is 6.02. The van der Waals surface area contributed by atoms with Crippen LogP contribution in [0, 0.1) is 5.92 Å². The van der Waals surface area contributed by atoms with Crippen molar-refractivity contribution >= 4 is 0 Å². The van der Waals surface area contributed by atoms with Crippen molar-refractivity contribution in [1.29, 1.82) is 0 Å². The van der Waals surface area contributed by atoms with E-state index in [2.05, 4.69) is 22.6 Å². The van der Waals surface area contributed by atoms with Crippen LogP contribution in [0.5, 0.6) is 11.5 Å². The lowest BCUT2D eigenvalue weighted by molar-refractivity contribution is -0.139. The van der Waals surface area contributed by atoms with Crippen LogP contribution < -0.4 is 9.62 Å². The lowest BCUT2D eigenvalue weighted by Gasteiger charge is -2.54. The second-order valence-electron chi connectivity index (χ2n) is 6.78. The van der Waals surface area contributed by atoms with Gasteiger partial charge >= 0.3 is 0 Å². The molecule has 1 aromatic rings. The molecular formula is C17H17NO4. The van der Waals surface area contributed by atoms with Crippen molar-refractivity contribution in [3.8, 4) is 11.5 Å². The molecule has 0 radical (unpaired) electrons. The standard InChI is InChI=1S/C17H17NO4/c1-18-7-6-17-10-3-4-12(19)16(17)21-15-13(22-20)5-2-9(14(15)17)8-11(10)18/h2-3,5,10-11,16,19-20H,6-8H2,1H3/t10-,11+,16-,17-/m0/s1. The molecule has 2 N–H and O–H groups in total. The fourth-order valence-electron chi connectivity index (χ4n) is 5.06. The molecule has 4 atom stereocenters. The van der Waals surface area contributed by atoms with Crippen LogP contribution in [0.2, 0.25) is 0 Å². The Morgan fingerprint density at radius 3 is 3.14 bits per heavy atom. The predicted octanol–water partition coefficient (Wildman–Crippen LogP) is 2.02. The third-order valence-corrected chi connectivity index (χ3v) is 6.02. The topological polar surface area (TPSA) is 62.2 Å². The predicted molar refractivity (Wildman–Crippen MR) is 78.2 cm³/mol. The van der Waals surface area contributed by atoms with E-state index in [1.165, 1.54) is 5.56 Å². The van der Waals surface area contributed by atoms with Crippen molar-refractivity contribution in [1.82, 2.24) is 4.90 Å². The molecule has 2 bridgehead atoms. The van der Waals surface area contributed by atoms with Crippen molar-refractivity contribution in [3.63, 3.8) is 0 Å². The maximum Gasteiger partial charge on any atom is 0.207 e. The average Bonchev–Trinajstić information content (AvgIpc) is 2.88. The highest BCUT2D eigenvalue weighted by Crippen LogP contribution is 2.62. The molecule has 0 saturated carbocycles. The van der Waals surface area contributed by atoms with Crippen molar-refractivity contribution in [2.45, 2.75) is 30.4 Å². The van der Waals surface area contributed by atoms with E-state index in [4.69, 9.17) is 9.99 Å². The van der Waals surface area contributed by atoms with Crippen LogP contribution in [0.1, 0.15) is 17.5 Å². The van der Waals surface area contributed by atoms with E-state index < -0.39 is 6.10 Å². The van der Waals surface area contributed by atoms with Crippen LogP contribution in [0.4, 0.5) is 0 Å². The number of benzene rings is 1. The largest absolute Gasteiger partial charge is 0.501 e. The molecule has 5 nitrogen and oxygen atoms in total. The molecule has 5 rings (SSSR count). The Kier molecular flexibility index (Phi) is 2.22. The van der Waals surface area contributed by atoms with Crippen molar-refractivity contribution in [2.24, 2.45) is 5.92 Å². The van der Waals surface area contributed by atoms with E-state index in [1.54, 1.807) is 6.07 Å². The summed E-state index contributed by atoms with van der Waals surface area (Å²) in [5, 5.41) is 19.5. The summed E-state index contributed by atoms with van der Waals surface area (Å²) >= 11 is 0. The highest BCUT2D eigenvalue weighted by molar-refractivity contribution is 5.62. The van der Waals surface area contributed by atoms with E-state index in [-0.39, 0.29) is 17.1 Å². The van der Waals surface area contributed by atoms with Gasteiger partial charge in [-0.25, -0.2) is 5.26 Å². The third kappa shape index (κ3) is 1.20. The fourth-order valence-corrected chi connectivity index (χ4v) is 5.06. The molecule has 1 spiro atoms. The number of nitrogens with zero attached hydrogens (tertiary/aromatic N) is 1. The fraction of sp³-hybridized carbons (Fsp3) is 0.471. The van der Waals surface area contributed by atoms with E-state index >= 15 is 0 Å². The van der Waals surface area contributed by atoms with E-state index in [9.17, 15) is 5.11 Å². The van der Waals surface area contributed by atoms with Gasteiger partial charge in [0.25, 0.3) is 0 Å². The zero-order valence-corrected chi connectivity index (χ0v) is 12.2. The molecule has 2 aliphatic carbocycles. The normalized spacial score (nSPS) is 37.4. The van der Waals surface area contributed by atoms with Gasteiger partial charge in [-0.15, -0.1) is 0 Å². The molecule has 22 heavy (non-hydrogen) atoms. The van der Waals surface area contributed by atoms with Crippen molar-refractivity contribution < 1.29 is 20.0 Å². The molecule has 2 aliphatic heterocycles. The quantitative estimate of drug-likeness (QED) is 0.472. The molecular weight excluding hydrogens is 282 g/mol. The highest BCUT2D eigenvalue weighted by atomic mass is 17.1. The van der Waals surface area contributed by atoms with Gasteiger partial charge in [-0.3, -0.25) is 0 Å². The summed E-state index contributed by atoms with van der Waals surface area (Å²) in [7, 11) is 2.16. The smallest absolute Gasteiger partial charge is 0.207 e. The van der Waals surface area contributed by atoms with Gasteiger partial charge in [0.15, 0.2) is 17.6 Å². The summed E-state index contributed by atoms with van der Waals surface area (Å²) in [5.74, 6) is 1.32. The number of rotatable bonds is 1. The summed E-state index contributed by atoms with van der Waals surface area (Å²) in [6.45, 7) is 0.964. The Morgan fingerprint density at radius 1 is 1.45 bits per heavy atom. The van der Waals surface area contributed by atoms with Crippen LogP contribution in [0.15, 0.2) is 29.7 Å². The highest BCUT2D eigenvalue weighted by Gasteiger charge is 2.63. The van der Waals surface area contributed by atoms with Crippen LogP contribution in [-0.2, 0) is 11.8 Å². The first-order valence-corrected chi connectivity index (χ1v) is 7.67. The van der Waals surface area contributed by atoms with Gasteiger partial charge < -0.3 is 19.6 Å². The molecule has 1 aromatic carbocycles. The van der Waals surface area contributed by atoms with Crippen LogP contribution in [0.25, 0.3) is 0 Å². The summed E-state index contributed by atoms with van der Waals surface area (Å²) in [6, 6.07) is 4.14. The maximum atomic E-state index is 10.4. The number of hydrogen-bond donors (Lipinski definition) is 2. The SMILES string of the molecule is CN1CC[C@]23c4c5ccc(OO)c4O[C@H]2C(O)=C=C[C@H]3[C@H]1C5. The molecule has 1 fully saturated rings. The Balaban J connectivity index is 1.85. The van der Waals surface area contributed by atoms with Gasteiger partial charge in [0.2, 0.25) is 5.75 Å². The van der Waals surface area contributed by atoms with Gasteiger partial charge in [0.05, 0.1) is 5.41 Å². The number of aliphatic hydroxyl groups excluding tert-OH is 1. The van der Waals surface area contributed by atoms with E-state index in [1.807, 2.05) is 12.1 Å². The van der Waals surface area contributed by atoms with E-state index in [0.29, 0.717) is 17.5 Å². The lowest BCUT2D eigenvalue weighted by Crippen LogP contribution is -2.62. The first-order valence-electron chi connectivity index (χ1n) is 7.67. The second kappa shape index (κ2) is 3.87. The van der Waals surface area contributed by atoms with Crippen molar-refractivity contribution in [3.05, 3.63) is 40.8 Å². The maximum absolute atomic E-state index is 10.4. The van der Waals surface area contributed by atoms with Gasteiger partial charge in [-0.1, -0.05) is 11.8 Å². The summed E-state index contributed by atoms with van der Waals surface area (Å²) in [5.41, 5.74) is 5.08. The minimum absolute atomic E-state index is 0.146. The number of likely N-dealkylation sites (tertiary alicyclic amines) is 1. The summed E-state index contributed by atoms with van der Waals surface area (Å²) < 4.78 is 6.08. The number of hydrogen-bond acceptors (Lipinski definition) is 5. The Hall–Kier alpha value is -1.94. The molecule has 5 heteroatoms. The second-order valence-corrected chi connectivity index (χ2v) is 6.78. The van der Waals surface area contributed by atoms with Gasteiger partial charge in [-0.2, -0.15) is 0 Å². The molecule has 0 aromatic heterocycles. The zero-order valence-electron chi connectivity index (χ0n) is 12.2. The number of ether oxygens (including phenoxy) is 1. The summed E-state index contributed by atoms with van der Waals surface area (Å²) in [4.78, 5) is 6.91. The molecule has 2 heterocycles. The first-order chi connectivity index (χ1) is 10.7. The Bertz CT molecular complexity index is 751. The zero-order chi connectivity index (χ0) is 15.1. The lowest BCUT2D eigenvalue weighted by atomic mass is 9.54. The van der Waals surface area contributed by atoms with Crippen LogP contribution >= 0.6 is 0 Å². The molecule has 1 saturated heterocycles. The monoisotopic (exact) mass is 299 g/mol. The average molecular weight is 299 g/mol. The summed E-state index contributed by atoms with van der Waals surface area (Å²) in [6.07, 6.45) is 3.43. The Morgan fingerprint density at radius 2 is 2.32 bits per heavy atom. The number of piperidine rings is 1. The number of likely N-dealkylation sites (N-methyl/N-ethyl adjacent to an activating group) is 1. The van der Waals surface area contributed by atoms with E-state index in [0.717, 1.165) is 24.9 Å².